The largest absolute Gasteiger partial charge is 0.465 e. The molecule has 0 spiro atoms. The molecular weight excluding hydrogens is 318 g/mol. The Morgan fingerprint density at radius 1 is 1.44 bits per heavy atom. The van der Waals surface area contributed by atoms with E-state index in [9.17, 15) is 9.90 Å². The van der Waals surface area contributed by atoms with E-state index in [1.807, 2.05) is 39.0 Å². The van der Waals surface area contributed by atoms with E-state index in [2.05, 4.69) is 15.9 Å². The van der Waals surface area contributed by atoms with Crippen LogP contribution in [0.1, 0.15) is 26.3 Å². The van der Waals surface area contributed by atoms with Crippen molar-refractivity contribution in [2.75, 3.05) is 6.54 Å². The van der Waals surface area contributed by atoms with Gasteiger partial charge in [0.05, 0.1) is 5.02 Å². The van der Waals surface area contributed by atoms with Gasteiger partial charge < -0.3 is 10.0 Å². The normalized spacial score (nSPS) is 11.4. The number of carboxylic acid groups (broad SMARTS) is 1. The van der Waals surface area contributed by atoms with Gasteiger partial charge in [0.2, 0.25) is 0 Å². The highest BCUT2D eigenvalue weighted by molar-refractivity contribution is 9.10. The molecule has 100 valence electrons. The molecule has 0 aliphatic rings. The maximum Gasteiger partial charge on any atom is 0.407 e. The topological polar surface area (TPSA) is 40.5 Å². The molecule has 0 saturated carbocycles. The van der Waals surface area contributed by atoms with Crippen LogP contribution in [0.25, 0.3) is 0 Å². The maximum atomic E-state index is 11.2. The van der Waals surface area contributed by atoms with Crippen LogP contribution in [0.4, 0.5) is 4.79 Å². The summed E-state index contributed by atoms with van der Waals surface area (Å²) in [7, 11) is 0. The third-order valence-corrected chi connectivity index (χ3v) is 3.86. The minimum absolute atomic E-state index is 0.393. The molecule has 1 aromatic rings. The molecule has 0 bridgehead atoms. The van der Waals surface area contributed by atoms with E-state index in [0.29, 0.717) is 18.0 Å². The smallest absolute Gasteiger partial charge is 0.407 e. The van der Waals surface area contributed by atoms with Crippen molar-refractivity contribution in [1.82, 2.24) is 4.90 Å². The van der Waals surface area contributed by atoms with E-state index in [4.69, 9.17) is 11.6 Å². The molecule has 1 rings (SSSR count). The summed E-state index contributed by atoms with van der Waals surface area (Å²) >= 11 is 9.27. The van der Waals surface area contributed by atoms with E-state index in [1.165, 1.54) is 4.90 Å². The van der Waals surface area contributed by atoms with Crippen LogP contribution in [-0.4, -0.2) is 28.2 Å². The maximum absolute atomic E-state index is 11.2. The van der Waals surface area contributed by atoms with Gasteiger partial charge in [0.25, 0.3) is 0 Å². The van der Waals surface area contributed by atoms with Gasteiger partial charge in [0.1, 0.15) is 0 Å². The molecule has 0 atom stereocenters. The Labute approximate surface area is 121 Å². The lowest BCUT2D eigenvalue weighted by atomic mass is 10.1. The van der Waals surface area contributed by atoms with Crippen LogP contribution in [0.3, 0.4) is 0 Å². The average molecular weight is 335 g/mol. The van der Waals surface area contributed by atoms with Gasteiger partial charge >= 0.3 is 6.09 Å². The van der Waals surface area contributed by atoms with E-state index in [1.54, 1.807) is 0 Å². The van der Waals surface area contributed by atoms with Crippen molar-refractivity contribution in [3.8, 4) is 0 Å². The number of benzene rings is 1. The summed E-state index contributed by atoms with van der Waals surface area (Å²) in [4.78, 5) is 12.6. The predicted molar refractivity (Wildman–Crippen MR) is 77.3 cm³/mol. The Balaban J connectivity index is 2.73. The SMILES string of the molecule is CC(C)(C)N(CCc1ccc(Cl)c(Br)c1)C(=O)O. The summed E-state index contributed by atoms with van der Waals surface area (Å²) in [6.45, 7) is 6.13. The summed E-state index contributed by atoms with van der Waals surface area (Å²) in [5, 5.41) is 9.84. The molecule has 0 aliphatic carbocycles. The molecule has 3 nitrogen and oxygen atoms in total. The highest BCUT2D eigenvalue weighted by atomic mass is 79.9. The molecule has 18 heavy (non-hydrogen) atoms. The first-order valence-corrected chi connectivity index (χ1v) is 6.83. The number of hydrogen-bond donors (Lipinski definition) is 1. The summed E-state index contributed by atoms with van der Waals surface area (Å²) in [5.41, 5.74) is 0.664. The van der Waals surface area contributed by atoms with Crippen LogP contribution >= 0.6 is 27.5 Å². The van der Waals surface area contributed by atoms with Crippen molar-refractivity contribution in [3.05, 3.63) is 33.3 Å². The van der Waals surface area contributed by atoms with Crippen LogP contribution in [0.5, 0.6) is 0 Å². The fraction of sp³-hybridized carbons (Fsp3) is 0.462. The van der Waals surface area contributed by atoms with Gasteiger partial charge in [-0.25, -0.2) is 4.79 Å². The van der Waals surface area contributed by atoms with Gasteiger partial charge in [-0.05, 0) is 60.8 Å². The standard InChI is InChI=1S/C13H17BrClNO2/c1-13(2,3)16(12(17)18)7-6-9-4-5-11(15)10(14)8-9/h4-5,8H,6-7H2,1-3H3,(H,17,18). The third kappa shape index (κ3) is 4.18. The van der Waals surface area contributed by atoms with Gasteiger partial charge in [-0.2, -0.15) is 0 Å². The average Bonchev–Trinajstić information content (AvgIpc) is 2.21. The van der Waals surface area contributed by atoms with Crippen molar-refractivity contribution in [3.63, 3.8) is 0 Å². The Kier molecular flexibility index (Phi) is 5.05. The van der Waals surface area contributed by atoms with Gasteiger partial charge in [0.15, 0.2) is 0 Å². The number of carbonyl (C=O) groups is 1. The highest BCUT2D eigenvalue weighted by Crippen LogP contribution is 2.24. The molecule has 5 heteroatoms. The zero-order valence-corrected chi connectivity index (χ0v) is 13.0. The molecular formula is C13H17BrClNO2. The van der Waals surface area contributed by atoms with Crippen molar-refractivity contribution in [2.24, 2.45) is 0 Å². The van der Waals surface area contributed by atoms with Crippen LogP contribution in [-0.2, 0) is 6.42 Å². The van der Waals surface area contributed by atoms with Crippen LogP contribution in [0.2, 0.25) is 5.02 Å². The Bertz CT molecular complexity index is 443. The minimum Gasteiger partial charge on any atom is -0.465 e. The van der Waals surface area contributed by atoms with Crippen LogP contribution < -0.4 is 0 Å². The fourth-order valence-electron chi connectivity index (χ4n) is 1.65. The summed E-state index contributed by atoms with van der Waals surface area (Å²) in [6, 6.07) is 5.64. The van der Waals surface area contributed by atoms with E-state index >= 15 is 0 Å². The number of halogens is 2. The van der Waals surface area contributed by atoms with Crippen molar-refractivity contribution >= 4 is 33.6 Å². The highest BCUT2D eigenvalue weighted by Gasteiger charge is 2.25. The molecule has 0 saturated heterocycles. The van der Waals surface area contributed by atoms with E-state index in [-0.39, 0.29) is 0 Å². The zero-order valence-electron chi connectivity index (χ0n) is 10.7. The fourth-order valence-corrected chi connectivity index (χ4v) is 2.20. The molecule has 1 N–H and O–H groups in total. The van der Waals surface area contributed by atoms with Gasteiger partial charge in [0, 0.05) is 16.6 Å². The lowest BCUT2D eigenvalue weighted by Crippen LogP contribution is -2.45. The number of nitrogens with zero attached hydrogens (tertiary/aromatic N) is 1. The number of rotatable bonds is 3. The molecule has 1 aromatic carbocycles. The second-order valence-corrected chi connectivity index (χ2v) is 6.37. The van der Waals surface area contributed by atoms with E-state index in [0.717, 1.165) is 10.0 Å². The molecule has 0 aromatic heterocycles. The predicted octanol–water partition coefficient (Wildman–Crippen LogP) is 4.42. The van der Waals surface area contributed by atoms with Crippen molar-refractivity contribution in [2.45, 2.75) is 32.7 Å². The molecule has 0 heterocycles. The van der Waals surface area contributed by atoms with Gasteiger partial charge in [-0.15, -0.1) is 0 Å². The quantitative estimate of drug-likeness (QED) is 0.888. The summed E-state index contributed by atoms with van der Waals surface area (Å²) in [5.74, 6) is 0. The first-order chi connectivity index (χ1) is 8.21. The molecule has 1 amide bonds. The third-order valence-electron chi connectivity index (χ3n) is 2.65. The lowest BCUT2D eigenvalue weighted by molar-refractivity contribution is 0.101. The molecule has 0 aliphatic heterocycles. The zero-order chi connectivity index (χ0) is 13.9. The minimum atomic E-state index is -0.893. The lowest BCUT2D eigenvalue weighted by Gasteiger charge is -2.33. The van der Waals surface area contributed by atoms with Crippen LogP contribution in [0, 0.1) is 0 Å². The number of hydrogen-bond acceptors (Lipinski definition) is 1. The summed E-state index contributed by atoms with van der Waals surface area (Å²) < 4.78 is 0.833. The first-order valence-electron chi connectivity index (χ1n) is 5.66. The molecule has 0 fully saturated rings. The molecule has 0 radical (unpaired) electrons. The second kappa shape index (κ2) is 5.93. The molecule has 0 unspecified atom stereocenters. The Morgan fingerprint density at radius 3 is 2.50 bits per heavy atom. The second-order valence-electron chi connectivity index (χ2n) is 5.10. The number of amides is 1. The monoisotopic (exact) mass is 333 g/mol. The van der Waals surface area contributed by atoms with E-state index < -0.39 is 11.6 Å². The van der Waals surface area contributed by atoms with Gasteiger partial charge in [-0.1, -0.05) is 17.7 Å². The Morgan fingerprint density at radius 2 is 2.06 bits per heavy atom. The summed E-state index contributed by atoms with van der Waals surface area (Å²) in [6.07, 6.45) is -0.227. The first kappa shape index (κ1) is 15.3. The Hall–Kier alpha value is -0.740. The van der Waals surface area contributed by atoms with Gasteiger partial charge in [-0.3, -0.25) is 0 Å². The van der Waals surface area contributed by atoms with Crippen molar-refractivity contribution in [1.29, 1.82) is 0 Å². The van der Waals surface area contributed by atoms with Crippen LogP contribution in [0.15, 0.2) is 22.7 Å². The van der Waals surface area contributed by atoms with Crippen molar-refractivity contribution < 1.29 is 9.90 Å².